The number of hydrogen-bond donors (Lipinski definition) is 1. The van der Waals surface area contributed by atoms with E-state index in [-0.39, 0.29) is 24.1 Å². The van der Waals surface area contributed by atoms with Crippen LogP contribution in [0.4, 0.5) is 5.95 Å². The van der Waals surface area contributed by atoms with Gasteiger partial charge >= 0.3 is 0 Å². The van der Waals surface area contributed by atoms with Crippen molar-refractivity contribution in [2.24, 2.45) is 0 Å². The molecule has 160 valence electrons. The van der Waals surface area contributed by atoms with E-state index < -0.39 is 0 Å². The van der Waals surface area contributed by atoms with Crippen LogP contribution in [0.3, 0.4) is 0 Å². The fourth-order valence-electron chi connectivity index (χ4n) is 3.44. The second kappa shape index (κ2) is 9.07. The molecule has 1 aliphatic carbocycles. The minimum atomic E-state index is -0.105. The van der Waals surface area contributed by atoms with Crippen LogP contribution in [-0.4, -0.2) is 70.0 Å². The van der Waals surface area contributed by atoms with Crippen molar-refractivity contribution in [2.45, 2.75) is 43.8 Å². The number of aryl methyl sites for hydroxylation is 1. The third-order valence-electron chi connectivity index (χ3n) is 5.37. The summed E-state index contributed by atoms with van der Waals surface area (Å²) in [6.45, 7) is 4.07. The first kappa shape index (κ1) is 20.7. The number of carbonyl (C=O) groups excluding carboxylic acids is 2. The Bertz CT molecular complexity index is 903. The Morgan fingerprint density at radius 2 is 1.87 bits per heavy atom. The van der Waals surface area contributed by atoms with Crippen molar-refractivity contribution in [3.63, 3.8) is 0 Å². The van der Waals surface area contributed by atoms with E-state index in [4.69, 9.17) is 0 Å². The highest BCUT2D eigenvalue weighted by atomic mass is 32.2. The van der Waals surface area contributed by atoms with E-state index in [2.05, 4.69) is 51.6 Å². The van der Waals surface area contributed by atoms with Crippen LogP contribution in [-0.2, 0) is 9.59 Å². The minimum Gasteiger partial charge on any atom is -0.352 e. The average Bonchev–Trinajstić information content (AvgIpc) is 3.20. The molecule has 1 aromatic heterocycles. The number of likely N-dealkylation sites (N-methyl/N-ethyl adjacent to an activating group) is 1. The van der Waals surface area contributed by atoms with Crippen LogP contribution in [0.25, 0.3) is 5.69 Å². The molecule has 1 aromatic carbocycles. The van der Waals surface area contributed by atoms with Crippen molar-refractivity contribution in [1.29, 1.82) is 0 Å². The van der Waals surface area contributed by atoms with E-state index in [1.54, 1.807) is 7.05 Å². The molecule has 1 saturated carbocycles. The lowest BCUT2D eigenvalue weighted by Crippen LogP contribution is -2.39. The maximum absolute atomic E-state index is 12.6. The van der Waals surface area contributed by atoms with Crippen molar-refractivity contribution in [2.75, 3.05) is 37.3 Å². The molecule has 1 N–H and O–H groups in total. The van der Waals surface area contributed by atoms with Gasteiger partial charge in [-0.15, -0.1) is 10.2 Å². The van der Waals surface area contributed by atoms with Crippen LogP contribution >= 0.6 is 11.8 Å². The van der Waals surface area contributed by atoms with Gasteiger partial charge in [0.25, 0.3) is 0 Å². The molecule has 0 radical (unpaired) electrons. The zero-order valence-electron chi connectivity index (χ0n) is 17.5. The highest BCUT2D eigenvalue weighted by Gasteiger charge is 2.25. The molecule has 8 nitrogen and oxygen atoms in total. The number of nitrogens with one attached hydrogen (secondary N) is 1. The third kappa shape index (κ3) is 4.95. The summed E-state index contributed by atoms with van der Waals surface area (Å²) in [7, 11) is 1.66. The summed E-state index contributed by atoms with van der Waals surface area (Å²) in [5.74, 6) is 0.824. The lowest BCUT2D eigenvalue weighted by Gasteiger charge is -2.19. The normalized spacial score (nSPS) is 16.0. The van der Waals surface area contributed by atoms with Gasteiger partial charge in [0.05, 0.1) is 18.0 Å². The number of anilines is 1. The molecule has 4 rings (SSSR count). The lowest BCUT2D eigenvalue weighted by atomic mass is 10.2. The molecule has 30 heavy (non-hydrogen) atoms. The summed E-state index contributed by atoms with van der Waals surface area (Å²) < 4.78 is 2.03. The Balaban J connectivity index is 1.45. The molecule has 0 unspecified atom stereocenters. The van der Waals surface area contributed by atoms with Crippen LogP contribution in [0, 0.1) is 6.92 Å². The highest BCUT2D eigenvalue weighted by molar-refractivity contribution is 7.99. The molecule has 2 heterocycles. The second-order valence-electron chi connectivity index (χ2n) is 8.03. The molecule has 2 amide bonds. The minimum absolute atomic E-state index is 0.0829. The molecule has 2 aromatic rings. The van der Waals surface area contributed by atoms with Gasteiger partial charge in [-0.2, -0.15) is 0 Å². The number of nitrogens with zero attached hydrogens (tertiary/aromatic N) is 5. The predicted molar refractivity (Wildman–Crippen MR) is 117 cm³/mol. The Labute approximate surface area is 181 Å². The standard InChI is InChI=1S/C21H28N6O2S/c1-15-5-9-17(10-6-15)27-20(26-11-3-4-12-26)23-24-21(27)30-14-19(29)25(2)13-18(28)22-16-7-8-16/h5-6,9-10,16H,3-4,7-8,11-14H2,1-2H3,(H,22,28). The summed E-state index contributed by atoms with van der Waals surface area (Å²) >= 11 is 1.36. The van der Waals surface area contributed by atoms with E-state index >= 15 is 0 Å². The van der Waals surface area contributed by atoms with E-state index in [1.807, 2.05) is 4.57 Å². The fraction of sp³-hybridized carbons (Fsp3) is 0.524. The van der Waals surface area contributed by atoms with Crippen LogP contribution in [0.1, 0.15) is 31.2 Å². The molecule has 0 atom stereocenters. The van der Waals surface area contributed by atoms with Gasteiger partial charge in [0.15, 0.2) is 5.16 Å². The summed E-state index contributed by atoms with van der Waals surface area (Å²) in [5.41, 5.74) is 2.17. The Morgan fingerprint density at radius 1 is 1.17 bits per heavy atom. The molecule has 1 saturated heterocycles. The van der Waals surface area contributed by atoms with Gasteiger partial charge in [0, 0.05) is 26.2 Å². The van der Waals surface area contributed by atoms with Gasteiger partial charge in [-0.1, -0.05) is 29.5 Å². The topological polar surface area (TPSA) is 83.4 Å². The van der Waals surface area contributed by atoms with Gasteiger partial charge in [-0.3, -0.25) is 14.2 Å². The first-order chi connectivity index (χ1) is 14.5. The quantitative estimate of drug-likeness (QED) is 0.648. The zero-order chi connectivity index (χ0) is 21.1. The van der Waals surface area contributed by atoms with Crippen molar-refractivity contribution >= 4 is 29.5 Å². The largest absolute Gasteiger partial charge is 0.352 e. The number of rotatable bonds is 8. The van der Waals surface area contributed by atoms with Gasteiger partial charge in [-0.05, 0) is 44.7 Å². The summed E-state index contributed by atoms with van der Waals surface area (Å²) in [5, 5.41) is 12.4. The first-order valence-electron chi connectivity index (χ1n) is 10.4. The second-order valence-corrected chi connectivity index (χ2v) is 8.97. The molecule has 0 bridgehead atoms. The van der Waals surface area contributed by atoms with E-state index in [1.165, 1.54) is 22.2 Å². The molecule has 2 fully saturated rings. The number of carbonyl (C=O) groups is 2. The van der Waals surface area contributed by atoms with Crippen molar-refractivity contribution in [3.8, 4) is 5.69 Å². The monoisotopic (exact) mass is 428 g/mol. The maximum Gasteiger partial charge on any atom is 0.239 e. The molecular weight excluding hydrogens is 400 g/mol. The number of amides is 2. The maximum atomic E-state index is 12.6. The van der Waals surface area contributed by atoms with Crippen molar-refractivity contribution in [3.05, 3.63) is 29.8 Å². The Hall–Kier alpha value is -2.55. The molecule has 9 heteroatoms. The molecule has 0 spiro atoms. The first-order valence-corrected chi connectivity index (χ1v) is 11.4. The average molecular weight is 429 g/mol. The third-order valence-corrected chi connectivity index (χ3v) is 6.28. The molecule has 2 aliphatic rings. The zero-order valence-corrected chi connectivity index (χ0v) is 18.3. The van der Waals surface area contributed by atoms with Crippen LogP contribution in [0.15, 0.2) is 29.4 Å². The SMILES string of the molecule is Cc1ccc(-n2c(SCC(=O)N(C)CC(=O)NC3CC3)nnc2N2CCCC2)cc1. The van der Waals surface area contributed by atoms with E-state index in [0.717, 1.165) is 50.4 Å². The van der Waals surface area contributed by atoms with Crippen molar-refractivity contribution < 1.29 is 9.59 Å². The van der Waals surface area contributed by atoms with Crippen LogP contribution in [0.5, 0.6) is 0 Å². The Kier molecular flexibility index (Phi) is 6.26. The van der Waals surface area contributed by atoms with Crippen LogP contribution in [0.2, 0.25) is 0 Å². The molecule has 1 aliphatic heterocycles. The number of hydrogen-bond acceptors (Lipinski definition) is 6. The summed E-state index contributed by atoms with van der Waals surface area (Å²) in [6, 6.07) is 8.54. The Morgan fingerprint density at radius 3 is 2.53 bits per heavy atom. The number of aromatic nitrogens is 3. The van der Waals surface area contributed by atoms with Gasteiger partial charge < -0.3 is 15.1 Å². The van der Waals surface area contributed by atoms with Gasteiger partial charge in [-0.25, -0.2) is 0 Å². The van der Waals surface area contributed by atoms with Gasteiger partial charge in [0.1, 0.15) is 0 Å². The van der Waals surface area contributed by atoms with Crippen molar-refractivity contribution in [1.82, 2.24) is 25.0 Å². The van der Waals surface area contributed by atoms with Crippen LogP contribution < -0.4 is 10.2 Å². The highest BCUT2D eigenvalue weighted by Crippen LogP contribution is 2.28. The fourth-order valence-corrected chi connectivity index (χ4v) is 4.33. The summed E-state index contributed by atoms with van der Waals surface area (Å²) in [4.78, 5) is 28.2. The number of thioether (sulfide) groups is 1. The van der Waals surface area contributed by atoms with E-state index in [0.29, 0.717) is 11.2 Å². The smallest absolute Gasteiger partial charge is 0.239 e. The predicted octanol–water partition coefficient (Wildman–Crippen LogP) is 2.01. The number of benzene rings is 1. The summed E-state index contributed by atoms with van der Waals surface area (Å²) in [6.07, 6.45) is 4.37. The lowest BCUT2D eigenvalue weighted by molar-refractivity contribution is -0.132. The van der Waals surface area contributed by atoms with E-state index in [9.17, 15) is 9.59 Å². The molecular formula is C21H28N6O2S. The van der Waals surface area contributed by atoms with Gasteiger partial charge in [0.2, 0.25) is 17.8 Å².